The normalized spacial score (nSPS) is 30.3. The van der Waals surface area contributed by atoms with Gasteiger partial charge in [0.05, 0.1) is 33.9 Å². The second-order valence-corrected chi connectivity index (χ2v) is 12.1. The van der Waals surface area contributed by atoms with E-state index < -0.39 is 64.5 Å². The first-order chi connectivity index (χ1) is 20.0. The predicted molar refractivity (Wildman–Crippen MR) is 148 cm³/mol. The summed E-state index contributed by atoms with van der Waals surface area (Å²) in [6.45, 7) is 1.67. The number of likely N-dealkylation sites (tertiary alicyclic amines) is 1. The molecule has 4 aliphatic rings. The molecule has 2 aliphatic carbocycles. The van der Waals surface area contributed by atoms with Crippen LogP contribution in [0.25, 0.3) is 0 Å². The zero-order valence-corrected chi connectivity index (χ0v) is 23.4. The van der Waals surface area contributed by atoms with Gasteiger partial charge in [-0.3, -0.25) is 28.9 Å². The van der Waals surface area contributed by atoms with Crippen LogP contribution >= 0.6 is 11.6 Å². The van der Waals surface area contributed by atoms with E-state index >= 15 is 0 Å². The highest BCUT2D eigenvalue weighted by Gasteiger charge is 2.67. The number of halogens is 2. The second-order valence-electron chi connectivity index (χ2n) is 11.6. The third-order valence-electron chi connectivity index (χ3n) is 9.55. The SMILES string of the molecule is CC12C(=O)N(c3ccc(F)c(Cl)c3)C(=O)C1CC1C(=CCC3C(=O)N(CCCC(=O)O)C(=O)C31)C2c1ccccc1O. The number of imide groups is 2. The Labute approximate surface area is 245 Å². The molecule has 2 aromatic carbocycles. The Bertz CT molecular complexity index is 1590. The van der Waals surface area contributed by atoms with Gasteiger partial charge in [0.25, 0.3) is 0 Å². The fraction of sp³-hybridized carbons (Fsp3) is 0.387. The average molecular weight is 595 g/mol. The van der Waals surface area contributed by atoms with Crippen LogP contribution in [0.2, 0.25) is 5.02 Å². The lowest BCUT2D eigenvalue weighted by molar-refractivity contribution is -0.142. The molecule has 2 aromatic rings. The minimum Gasteiger partial charge on any atom is -0.508 e. The standard InChI is InChI=1S/C31H28ClFN2O7/c1-31-20(28(40)35(30(31)42)15-8-11-22(33)21(32)13-15)14-19-16(26(31)17-5-2-3-6-23(17)36)9-10-18-25(19)29(41)34(27(18)39)12-4-7-24(37)38/h2-3,5-6,8-9,11,13,18-20,25-26,36H,4,7,10,12,14H2,1H3,(H,37,38). The first-order valence-corrected chi connectivity index (χ1v) is 14.2. The number of carboxylic acid groups (broad SMARTS) is 1. The summed E-state index contributed by atoms with van der Waals surface area (Å²) >= 11 is 6.00. The number of anilines is 1. The Balaban J connectivity index is 1.45. The summed E-state index contributed by atoms with van der Waals surface area (Å²) in [6, 6.07) is 10.2. The number of hydrogen-bond acceptors (Lipinski definition) is 6. The fourth-order valence-corrected chi connectivity index (χ4v) is 7.81. The van der Waals surface area contributed by atoms with Crippen molar-refractivity contribution in [1.82, 2.24) is 4.90 Å². The Morgan fingerprint density at radius 3 is 2.50 bits per heavy atom. The molecule has 6 unspecified atom stereocenters. The van der Waals surface area contributed by atoms with Gasteiger partial charge >= 0.3 is 5.97 Å². The van der Waals surface area contributed by atoms with Crippen LogP contribution in [-0.2, 0) is 24.0 Å². The van der Waals surface area contributed by atoms with Gasteiger partial charge in [0, 0.05) is 24.4 Å². The van der Waals surface area contributed by atoms with Crippen LogP contribution in [0.3, 0.4) is 0 Å². The highest BCUT2D eigenvalue weighted by molar-refractivity contribution is 6.31. The predicted octanol–water partition coefficient (Wildman–Crippen LogP) is 4.28. The molecule has 2 heterocycles. The van der Waals surface area contributed by atoms with Gasteiger partial charge in [0.15, 0.2) is 0 Å². The number of benzene rings is 2. The van der Waals surface area contributed by atoms with Gasteiger partial charge in [0.1, 0.15) is 11.6 Å². The highest BCUT2D eigenvalue weighted by atomic mass is 35.5. The van der Waals surface area contributed by atoms with Crippen LogP contribution in [0.1, 0.15) is 44.1 Å². The van der Waals surface area contributed by atoms with Gasteiger partial charge in [-0.2, -0.15) is 0 Å². The number of hydrogen-bond donors (Lipinski definition) is 2. The third kappa shape index (κ3) is 3.99. The Kier molecular flexibility index (Phi) is 6.72. The van der Waals surface area contributed by atoms with E-state index in [4.69, 9.17) is 16.7 Å². The van der Waals surface area contributed by atoms with E-state index in [9.17, 15) is 33.5 Å². The van der Waals surface area contributed by atoms with E-state index in [2.05, 4.69) is 0 Å². The summed E-state index contributed by atoms with van der Waals surface area (Å²) in [5.41, 5.74) is -0.104. The zero-order chi connectivity index (χ0) is 30.1. The Hall–Kier alpha value is -4.05. The molecule has 6 atom stereocenters. The van der Waals surface area contributed by atoms with Crippen molar-refractivity contribution in [2.45, 2.75) is 38.5 Å². The summed E-state index contributed by atoms with van der Waals surface area (Å²) in [5.74, 6) is -7.34. The quantitative estimate of drug-likeness (QED) is 0.377. The number of phenols is 1. The van der Waals surface area contributed by atoms with Gasteiger partial charge < -0.3 is 10.2 Å². The molecule has 6 rings (SSSR count). The molecular formula is C31H28ClFN2O7. The number of carbonyl (C=O) groups excluding carboxylic acids is 4. The zero-order valence-electron chi connectivity index (χ0n) is 22.6. The Morgan fingerprint density at radius 1 is 1.07 bits per heavy atom. The van der Waals surface area contributed by atoms with Gasteiger partial charge in [0.2, 0.25) is 23.6 Å². The lowest BCUT2D eigenvalue weighted by Crippen LogP contribution is -2.48. The second kappa shape index (κ2) is 10.0. The van der Waals surface area contributed by atoms with Crippen molar-refractivity contribution in [2.24, 2.45) is 29.1 Å². The molecule has 42 heavy (non-hydrogen) atoms. The smallest absolute Gasteiger partial charge is 0.303 e. The molecule has 1 saturated carbocycles. The number of allylic oxidation sites excluding steroid dienone is 2. The minimum atomic E-state index is -1.36. The maximum atomic E-state index is 14.3. The number of fused-ring (bicyclic) bond motifs is 4. The monoisotopic (exact) mass is 594 g/mol. The first kappa shape index (κ1) is 28.1. The van der Waals surface area contributed by atoms with Crippen molar-refractivity contribution in [2.75, 3.05) is 11.4 Å². The van der Waals surface area contributed by atoms with E-state index in [1.807, 2.05) is 6.08 Å². The fourth-order valence-electron chi connectivity index (χ4n) is 7.64. The molecule has 11 heteroatoms. The van der Waals surface area contributed by atoms with Crippen molar-refractivity contribution in [3.63, 3.8) is 0 Å². The van der Waals surface area contributed by atoms with E-state index in [1.54, 1.807) is 25.1 Å². The molecule has 2 aliphatic heterocycles. The molecule has 0 aromatic heterocycles. The number of rotatable bonds is 6. The summed E-state index contributed by atoms with van der Waals surface area (Å²) < 4.78 is 14.0. The van der Waals surface area contributed by atoms with Gasteiger partial charge in [-0.25, -0.2) is 9.29 Å². The van der Waals surface area contributed by atoms with E-state index in [1.165, 1.54) is 18.2 Å². The van der Waals surface area contributed by atoms with Crippen LogP contribution in [0.4, 0.5) is 10.1 Å². The van der Waals surface area contributed by atoms with Crippen LogP contribution in [0.15, 0.2) is 54.1 Å². The molecular weight excluding hydrogens is 567 g/mol. The summed E-state index contributed by atoms with van der Waals surface area (Å²) in [7, 11) is 0. The van der Waals surface area contributed by atoms with Crippen LogP contribution in [-0.4, -0.2) is 51.3 Å². The van der Waals surface area contributed by atoms with Gasteiger partial charge in [-0.05, 0) is 56.4 Å². The maximum Gasteiger partial charge on any atom is 0.303 e. The van der Waals surface area contributed by atoms with Crippen molar-refractivity contribution in [1.29, 1.82) is 0 Å². The third-order valence-corrected chi connectivity index (χ3v) is 9.84. The molecule has 9 nitrogen and oxygen atoms in total. The van der Waals surface area contributed by atoms with E-state index in [-0.39, 0.29) is 54.6 Å². The van der Waals surface area contributed by atoms with Crippen LogP contribution < -0.4 is 4.90 Å². The minimum absolute atomic E-state index is 0.0143. The number of carbonyl (C=O) groups is 5. The number of aliphatic carboxylic acids is 1. The summed E-state index contributed by atoms with van der Waals surface area (Å²) in [6.07, 6.45) is 2.16. The van der Waals surface area contributed by atoms with Gasteiger partial charge in [-0.1, -0.05) is 41.4 Å². The number of carboxylic acids is 1. The Morgan fingerprint density at radius 2 is 1.81 bits per heavy atom. The van der Waals surface area contributed by atoms with Crippen molar-refractivity contribution < 1.29 is 38.6 Å². The van der Waals surface area contributed by atoms with Crippen molar-refractivity contribution in [3.8, 4) is 5.75 Å². The molecule has 4 amide bonds. The number of nitrogens with zero attached hydrogens (tertiary/aromatic N) is 2. The molecule has 0 bridgehead atoms. The number of amides is 4. The molecule has 3 fully saturated rings. The largest absolute Gasteiger partial charge is 0.508 e. The summed E-state index contributed by atoms with van der Waals surface area (Å²) in [5, 5.41) is 19.8. The molecule has 0 radical (unpaired) electrons. The van der Waals surface area contributed by atoms with Crippen LogP contribution in [0, 0.1) is 34.9 Å². The number of para-hydroxylation sites is 1. The maximum absolute atomic E-state index is 14.3. The average Bonchev–Trinajstić information content (AvgIpc) is 3.30. The first-order valence-electron chi connectivity index (χ1n) is 13.8. The molecule has 218 valence electrons. The summed E-state index contributed by atoms with van der Waals surface area (Å²) in [4.78, 5) is 68.6. The molecule has 2 N–H and O–H groups in total. The van der Waals surface area contributed by atoms with Crippen molar-refractivity contribution >= 4 is 46.9 Å². The topological polar surface area (TPSA) is 132 Å². The number of aromatic hydroxyl groups is 1. The van der Waals surface area contributed by atoms with E-state index in [0.29, 0.717) is 11.1 Å². The highest BCUT2D eigenvalue weighted by Crippen LogP contribution is 2.64. The number of phenolic OH excluding ortho intramolecular Hbond substituents is 1. The van der Waals surface area contributed by atoms with Crippen molar-refractivity contribution in [3.05, 3.63) is 70.5 Å². The molecule has 0 spiro atoms. The lowest BCUT2D eigenvalue weighted by Gasteiger charge is -2.49. The van der Waals surface area contributed by atoms with Gasteiger partial charge in [-0.15, -0.1) is 0 Å². The molecule has 2 saturated heterocycles. The lowest BCUT2D eigenvalue weighted by atomic mass is 9.51. The van der Waals surface area contributed by atoms with Crippen LogP contribution in [0.5, 0.6) is 5.75 Å². The van der Waals surface area contributed by atoms with E-state index in [0.717, 1.165) is 15.9 Å².